The van der Waals surface area contributed by atoms with E-state index < -0.39 is 0 Å². The van der Waals surface area contributed by atoms with Gasteiger partial charge in [-0.3, -0.25) is 4.98 Å². The lowest BCUT2D eigenvalue weighted by atomic mass is 10.0. The fourth-order valence-corrected chi connectivity index (χ4v) is 2.02. The average Bonchev–Trinajstić information content (AvgIpc) is 2.46. The number of nitrogens with two attached hydrogens (primary N) is 1. The highest BCUT2D eigenvalue weighted by atomic mass is 16.3. The van der Waals surface area contributed by atoms with E-state index in [1.54, 1.807) is 0 Å². The van der Waals surface area contributed by atoms with Gasteiger partial charge in [0.05, 0.1) is 6.54 Å². The van der Waals surface area contributed by atoms with E-state index in [1.165, 1.54) is 5.56 Å². The molecule has 0 amide bonds. The molecule has 0 aliphatic rings. The summed E-state index contributed by atoms with van der Waals surface area (Å²) in [6.45, 7) is 1.13. The molecule has 94 valence electrons. The Morgan fingerprint density at radius 2 is 1.83 bits per heavy atom. The second-order valence-corrected chi connectivity index (χ2v) is 4.24. The largest absolute Gasteiger partial charge is 0.396 e. The van der Waals surface area contributed by atoms with Crippen molar-refractivity contribution in [3.05, 3.63) is 66.0 Å². The minimum Gasteiger partial charge on any atom is -0.396 e. The maximum atomic E-state index is 8.88. The zero-order valence-corrected chi connectivity index (χ0v) is 10.4. The molecule has 3 nitrogen and oxygen atoms in total. The highest BCUT2D eigenvalue weighted by Crippen LogP contribution is 2.15. The molecule has 1 aromatic heterocycles. The summed E-state index contributed by atoms with van der Waals surface area (Å²) in [6, 6.07) is 16.6. The van der Waals surface area contributed by atoms with E-state index in [2.05, 4.69) is 22.4 Å². The monoisotopic (exact) mass is 243 g/mol. The molecule has 1 aromatic carbocycles. The summed E-state index contributed by atoms with van der Waals surface area (Å²) in [7, 11) is 0. The van der Waals surface area contributed by atoms with Crippen molar-refractivity contribution in [2.75, 3.05) is 13.2 Å². The van der Waals surface area contributed by atoms with Gasteiger partial charge in [-0.2, -0.15) is 0 Å². The van der Waals surface area contributed by atoms with Gasteiger partial charge >= 0.3 is 0 Å². The molecule has 18 heavy (non-hydrogen) atoms. The molecule has 0 radical (unpaired) electrons. The van der Waals surface area contributed by atoms with Crippen molar-refractivity contribution in [3.63, 3.8) is 0 Å². The van der Waals surface area contributed by atoms with Gasteiger partial charge in [-0.05, 0) is 12.1 Å². The zero-order valence-electron chi connectivity index (χ0n) is 10.4. The van der Waals surface area contributed by atoms with Gasteiger partial charge in [-0.1, -0.05) is 36.4 Å². The van der Waals surface area contributed by atoms with Crippen LogP contribution in [0, 0.1) is 0 Å². The fraction of sp³-hybridized carbons (Fsp3) is 0.267. The lowest BCUT2D eigenvalue weighted by molar-refractivity contribution is -0.688. The predicted molar refractivity (Wildman–Crippen MR) is 71.0 cm³/mol. The first-order chi connectivity index (χ1) is 8.92. The lowest BCUT2D eigenvalue weighted by Gasteiger charge is -2.15. The van der Waals surface area contributed by atoms with Crippen LogP contribution in [0.4, 0.5) is 0 Å². The van der Waals surface area contributed by atoms with Crippen LogP contribution in [0.15, 0.2) is 54.7 Å². The van der Waals surface area contributed by atoms with Gasteiger partial charge in [0, 0.05) is 24.8 Å². The quantitative estimate of drug-likeness (QED) is 0.747. The van der Waals surface area contributed by atoms with E-state index >= 15 is 0 Å². The van der Waals surface area contributed by atoms with Gasteiger partial charge in [-0.15, -0.1) is 0 Å². The topological polar surface area (TPSA) is 49.7 Å². The lowest BCUT2D eigenvalue weighted by Crippen LogP contribution is -2.85. The number of aromatic nitrogens is 1. The molecule has 0 fully saturated rings. The molecule has 2 aromatic rings. The first kappa shape index (κ1) is 12.7. The van der Waals surface area contributed by atoms with Crippen LogP contribution in [0.3, 0.4) is 0 Å². The molecule has 2 rings (SSSR count). The first-order valence-electron chi connectivity index (χ1n) is 6.32. The molecule has 3 N–H and O–H groups in total. The van der Waals surface area contributed by atoms with Crippen molar-refractivity contribution < 1.29 is 10.4 Å². The van der Waals surface area contributed by atoms with Crippen molar-refractivity contribution >= 4 is 0 Å². The average molecular weight is 243 g/mol. The van der Waals surface area contributed by atoms with Gasteiger partial charge in [0.25, 0.3) is 0 Å². The van der Waals surface area contributed by atoms with Crippen LogP contribution in [0.1, 0.15) is 23.7 Å². The van der Waals surface area contributed by atoms with Gasteiger partial charge in [0.15, 0.2) is 6.04 Å². The molecule has 0 saturated heterocycles. The number of aliphatic hydroxyl groups is 1. The minimum absolute atomic E-state index is 0.207. The van der Waals surface area contributed by atoms with Crippen molar-refractivity contribution in [2.24, 2.45) is 0 Å². The summed E-state index contributed by atoms with van der Waals surface area (Å²) >= 11 is 0. The molecule has 0 spiro atoms. The van der Waals surface area contributed by atoms with Crippen molar-refractivity contribution in [2.45, 2.75) is 12.5 Å². The molecule has 0 unspecified atom stereocenters. The summed E-state index contributed by atoms with van der Waals surface area (Å²) in [5.41, 5.74) is 2.30. The summed E-state index contributed by atoms with van der Waals surface area (Å²) in [5.74, 6) is 0. The van der Waals surface area contributed by atoms with Crippen LogP contribution < -0.4 is 5.32 Å². The van der Waals surface area contributed by atoms with Crippen LogP contribution in [0.25, 0.3) is 0 Å². The summed E-state index contributed by atoms with van der Waals surface area (Å²) in [4.78, 5) is 4.44. The Hall–Kier alpha value is -1.71. The molecule has 1 heterocycles. The predicted octanol–water partition coefficient (Wildman–Crippen LogP) is 1.12. The van der Waals surface area contributed by atoms with E-state index in [0.717, 1.165) is 18.7 Å². The number of aliphatic hydroxyl groups excluding tert-OH is 1. The Bertz CT molecular complexity index is 405. The van der Waals surface area contributed by atoms with E-state index in [1.807, 2.05) is 42.6 Å². The Labute approximate surface area is 108 Å². The summed E-state index contributed by atoms with van der Waals surface area (Å²) in [6.07, 6.45) is 2.63. The van der Waals surface area contributed by atoms with Gasteiger partial charge < -0.3 is 10.4 Å². The highest BCUT2D eigenvalue weighted by molar-refractivity contribution is 5.24. The summed E-state index contributed by atoms with van der Waals surface area (Å²) in [5, 5.41) is 11.1. The SMILES string of the molecule is OCCC[NH2+][C@H](c1ccccc1)c1ccccn1. The number of benzene rings is 1. The van der Waals surface area contributed by atoms with Crippen LogP contribution in [-0.2, 0) is 0 Å². The van der Waals surface area contributed by atoms with E-state index in [9.17, 15) is 0 Å². The molecule has 1 atom stereocenters. The number of hydrogen-bond acceptors (Lipinski definition) is 2. The second kappa shape index (κ2) is 6.89. The van der Waals surface area contributed by atoms with Crippen LogP contribution >= 0.6 is 0 Å². The Kier molecular flexibility index (Phi) is 4.88. The molecule has 0 saturated carbocycles. The Balaban J connectivity index is 2.18. The molecule has 0 bridgehead atoms. The number of rotatable bonds is 6. The third kappa shape index (κ3) is 3.39. The van der Waals surface area contributed by atoms with Crippen molar-refractivity contribution in [3.8, 4) is 0 Å². The third-order valence-corrected chi connectivity index (χ3v) is 2.93. The number of nitrogens with zero attached hydrogens (tertiary/aromatic N) is 1. The summed E-state index contributed by atoms with van der Waals surface area (Å²) < 4.78 is 0. The molecular weight excluding hydrogens is 224 g/mol. The van der Waals surface area contributed by atoms with Crippen molar-refractivity contribution in [1.82, 2.24) is 4.98 Å². The minimum atomic E-state index is 0.207. The smallest absolute Gasteiger partial charge is 0.154 e. The zero-order chi connectivity index (χ0) is 12.6. The van der Waals surface area contributed by atoms with Crippen LogP contribution in [0.2, 0.25) is 0 Å². The maximum absolute atomic E-state index is 8.88. The van der Waals surface area contributed by atoms with Crippen LogP contribution in [-0.4, -0.2) is 23.2 Å². The Morgan fingerprint density at radius 1 is 1.06 bits per heavy atom. The van der Waals surface area contributed by atoms with E-state index in [-0.39, 0.29) is 12.6 Å². The Morgan fingerprint density at radius 3 is 2.50 bits per heavy atom. The van der Waals surface area contributed by atoms with Gasteiger partial charge in [0.2, 0.25) is 0 Å². The maximum Gasteiger partial charge on any atom is 0.154 e. The molecule has 0 aliphatic carbocycles. The molecular formula is C15H19N2O+. The van der Waals surface area contributed by atoms with Gasteiger partial charge in [0.1, 0.15) is 5.69 Å². The van der Waals surface area contributed by atoms with Crippen LogP contribution in [0.5, 0.6) is 0 Å². The third-order valence-electron chi connectivity index (χ3n) is 2.93. The normalized spacial score (nSPS) is 12.3. The number of pyridine rings is 1. The highest BCUT2D eigenvalue weighted by Gasteiger charge is 2.17. The standard InChI is InChI=1S/C15H18N2O/c18-12-6-11-17-15(13-7-2-1-3-8-13)14-9-4-5-10-16-14/h1-5,7-10,15,17-18H,6,11-12H2/p+1/t15-/m1/s1. The number of hydrogen-bond donors (Lipinski definition) is 2. The first-order valence-corrected chi connectivity index (χ1v) is 6.32. The fourth-order valence-electron chi connectivity index (χ4n) is 2.02. The molecule has 3 heteroatoms. The molecule has 0 aliphatic heterocycles. The number of quaternary nitrogens is 1. The van der Waals surface area contributed by atoms with E-state index in [4.69, 9.17) is 5.11 Å². The van der Waals surface area contributed by atoms with E-state index in [0.29, 0.717) is 0 Å². The second-order valence-electron chi connectivity index (χ2n) is 4.24. The van der Waals surface area contributed by atoms with Gasteiger partial charge in [-0.25, -0.2) is 0 Å². The van der Waals surface area contributed by atoms with Crippen molar-refractivity contribution in [1.29, 1.82) is 0 Å².